The minimum absolute atomic E-state index is 0.133. The van der Waals surface area contributed by atoms with E-state index in [1.807, 2.05) is 13.8 Å². The quantitative estimate of drug-likeness (QED) is 0.699. The Balaban J connectivity index is 2.40. The molecule has 15 heavy (non-hydrogen) atoms. The summed E-state index contributed by atoms with van der Waals surface area (Å²) in [5.74, 6) is 1.04. The van der Waals surface area contributed by atoms with Crippen LogP contribution in [0, 0.1) is 23.2 Å². The number of aliphatic hydroxyl groups is 2. The van der Waals surface area contributed by atoms with Crippen LogP contribution >= 0.6 is 0 Å². The van der Waals surface area contributed by atoms with E-state index < -0.39 is 11.7 Å². The molecular weight excluding hydrogens is 188 g/mol. The maximum absolute atomic E-state index is 10.8. The predicted molar refractivity (Wildman–Crippen MR) is 60.4 cm³/mol. The largest absolute Gasteiger partial charge is 0.390 e. The Morgan fingerprint density at radius 2 is 1.67 bits per heavy atom. The van der Waals surface area contributed by atoms with Gasteiger partial charge in [-0.25, -0.2) is 0 Å². The zero-order chi connectivity index (χ0) is 11.4. The number of hydrogen-bond donors (Lipinski definition) is 2. The van der Waals surface area contributed by atoms with Crippen LogP contribution < -0.4 is 0 Å². The lowest BCUT2D eigenvalue weighted by Crippen LogP contribution is -2.61. The van der Waals surface area contributed by atoms with E-state index in [4.69, 9.17) is 0 Å². The molecule has 2 bridgehead atoms. The van der Waals surface area contributed by atoms with Gasteiger partial charge in [-0.15, -0.1) is 0 Å². The summed E-state index contributed by atoms with van der Waals surface area (Å²) in [4.78, 5) is 0. The van der Waals surface area contributed by atoms with Gasteiger partial charge >= 0.3 is 0 Å². The third kappa shape index (κ3) is 1.31. The molecule has 0 aromatic carbocycles. The summed E-state index contributed by atoms with van der Waals surface area (Å²) >= 11 is 0. The highest BCUT2D eigenvalue weighted by atomic mass is 16.3. The lowest BCUT2D eigenvalue weighted by molar-refractivity contribution is -0.206. The van der Waals surface area contributed by atoms with Gasteiger partial charge < -0.3 is 10.2 Å². The molecule has 0 unspecified atom stereocenters. The SMILES string of the molecule is CC(C)[C@@]1(O)[C@H]2CC[C@H](C2)C(C)(C)[C@@H]1O. The van der Waals surface area contributed by atoms with Crippen LogP contribution in [-0.4, -0.2) is 21.9 Å². The monoisotopic (exact) mass is 212 g/mol. The second kappa shape index (κ2) is 3.21. The van der Waals surface area contributed by atoms with Crippen molar-refractivity contribution in [3.05, 3.63) is 0 Å². The first kappa shape index (κ1) is 11.4. The minimum atomic E-state index is -0.865. The maximum Gasteiger partial charge on any atom is 0.0961 e. The molecule has 0 aromatic rings. The molecule has 0 amide bonds. The van der Waals surface area contributed by atoms with Crippen molar-refractivity contribution in [1.29, 1.82) is 0 Å². The molecule has 88 valence electrons. The fourth-order valence-electron chi connectivity index (χ4n) is 3.91. The first-order chi connectivity index (χ1) is 6.81. The van der Waals surface area contributed by atoms with E-state index in [2.05, 4.69) is 13.8 Å². The van der Waals surface area contributed by atoms with Gasteiger partial charge in [0.1, 0.15) is 0 Å². The Labute approximate surface area is 92.7 Å². The van der Waals surface area contributed by atoms with Gasteiger partial charge in [-0.05, 0) is 42.4 Å². The minimum Gasteiger partial charge on any atom is -0.390 e. The van der Waals surface area contributed by atoms with Gasteiger partial charge in [0.2, 0.25) is 0 Å². The van der Waals surface area contributed by atoms with Crippen LogP contribution in [0.1, 0.15) is 47.0 Å². The van der Waals surface area contributed by atoms with Crippen LogP contribution in [0.2, 0.25) is 0 Å². The van der Waals surface area contributed by atoms with E-state index in [-0.39, 0.29) is 11.3 Å². The molecule has 0 aliphatic heterocycles. The highest BCUT2D eigenvalue weighted by molar-refractivity contribution is 5.10. The zero-order valence-electron chi connectivity index (χ0n) is 10.3. The molecule has 2 saturated carbocycles. The van der Waals surface area contributed by atoms with Crippen molar-refractivity contribution in [3.63, 3.8) is 0 Å². The molecule has 0 radical (unpaired) electrons. The summed E-state index contributed by atoms with van der Waals surface area (Å²) in [6.07, 6.45) is 2.78. The molecule has 2 aliphatic carbocycles. The van der Waals surface area contributed by atoms with Gasteiger partial charge in [0, 0.05) is 0 Å². The fraction of sp³-hybridized carbons (Fsp3) is 1.00. The molecule has 0 aromatic heterocycles. The van der Waals surface area contributed by atoms with Crippen LogP contribution in [0.3, 0.4) is 0 Å². The Morgan fingerprint density at radius 1 is 1.13 bits per heavy atom. The van der Waals surface area contributed by atoms with Crippen molar-refractivity contribution in [2.75, 3.05) is 0 Å². The zero-order valence-corrected chi connectivity index (χ0v) is 10.3. The number of hydrogen-bond acceptors (Lipinski definition) is 2. The van der Waals surface area contributed by atoms with E-state index in [1.165, 1.54) is 6.42 Å². The first-order valence-corrected chi connectivity index (χ1v) is 6.21. The van der Waals surface area contributed by atoms with Gasteiger partial charge in [-0.3, -0.25) is 0 Å². The summed E-state index contributed by atoms with van der Waals surface area (Å²) in [7, 11) is 0. The van der Waals surface area contributed by atoms with Gasteiger partial charge in [0.05, 0.1) is 11.7 Å². The summed E-state index contributed by atoms with van der Waals surface area (Å²) in [5.41, 5.74) is -0.997. The van der Waals surface area contributed by atoms with Crippen LogP contribution in [0.4, 0.5) is 0 Å². The van der Waals surface area contributed by atoms with E-state index in [0.29, 0.717) is 11.8 Å². The summed E-state index contributed by atoms with van der Waals surface area (Å²) in [6, 6.07) is 0. The van der Waals surface area contributed by atoms with Crippen LogP contribution in [-0.2, 0) is 0 Å². The van der Waals surface area contributed by atoms with E-state index >= 15 is 0 Å². The lowest BCUT2D eigenvalue weighted by atomic mass is 9.58. The van der Waals surface area contributed by atoms with Crippen molar-refractivity contribution in [2.45, 2.75) is 58.7 Å². The lowest BCUT2D eigenvalue weighted by Gasteiger charge is -2.53. The fourth-order valence-corrected chi connectivity index (χ4v) is 3.91. The van der Waals surface area contributed by atoms with Crippen molar-refractivity contribution in [2.24, 2.45) is 23.2 Å². The van der Waals surface area contributed by atoms with Crippen LogP contribution in [0.5, 0.6) is 0 Å². The Hall–Kier alpha value is -0.0800. The van der Waals surface area contributed by atoms with Crippen molar-refractivity contribution < 1.29 is 10.2 Å². The molecule has 2 heteroatoms. The van der Waals surface area contributed by atoms with E-state index in [9.17, 15) is 10.2 Å². The smallest absolute Gasteiger partial charge is 0.0961 e. The van der Waals surface area contributed by atoms with Gasteiger partial charge in [-0.2, -0.15) is 0 Å². The van der Waals surface area contributed by atoms with Crippen molar-refractivity contribution >= 4 is 0 Å². The van der Waals surface area contributed by atoms with Crippen LogP contribution in [0.15, 0.2) is 0 Å². The van der Waals surface area contributed by atoms with Gasteiger partial charge in [0.15, 0.2) is 0 Å². The van der Waals surface area contributed by atoms with Crippen molar-refractivity contribution in [1.82, 2.24) is 0 Å². The molecule has 2 fully saturated rings. The Kier molecular flexibility index (Phi) is 2.44. The maximum atomic E-state index is 10.8. The van der Waals surface area contributed by atoms with Crippen LogP contribution in [0.25, 0.3) is 0 Å². The molecule has 0 heterocycles. The molecule has 2 aliphatic rings. The molecule has 0 spiro atoms. The Morgan fingerprint density at radius 3 is 2.20 bits per heavy atom. The summed E-state index contributed by atoms with van der Waals surface area (Å²) < 4.78 is 0. The van der Waals surface area contributed by atoms with E-state index in [0.717, 1.165) is 12.8 Å². The predicted octanol–water partition coefficient (Wildman–Crippen LogP) is 2.19. The average molecular weight is 212 g/mol. The third-order valence-electron chi connectivity index (χ3n) is 5.21. The standard InChI is InChI=1S/C13H24O2/c1-8(2)13(15)10-6-5-9(7-10)12(3,4)11(13)14/h8-11,14-15H,5-7H2,1-4H3/t9-,10+,11+,13-/m1/s1. The molecule has 2 nitrogen and oxygen atoms in total. The highest BCUT2D eigenvalue weighted by Gasteiger charge is 2.60. The summed E-state index contributed by atoms with van der Waals surface area (Å²) in [5, 5.41) is 21.2. The highest BCUT2D eigenvalue weighted by Crippen LogP contribution is 2.57. The normalized spacial score (nSPS) is 48.6. The summed E-state index contributed by atoms with van der Waals surface area (Å²) in [6.45, 7) is 8.27. The second-order valence-electron chi connectivity index (χ2n) is 6.47. The van der Waals surface area contributed by atoms with Crippen molar-refractivity contribution in [3.8, 4) is 0 Å². The first-order valence-electron chi connectivity index (χ1n) is 6.21. The van der Waals surface area contributed by atoms with E-state index in [1.54, 1.807) is 0 Å². The molecule has 4 atom stereocenters. The number of rotatable bonds is 1. The molecule has 2 N–H and O–H groups in total. The molecular formula is C13H24O2. The number of aliphatic hydroxyl groups excluding tert-OH is 1. The van der Waals surface area contributed by atoms with Gasteiger partial charge in [0.25, 0.3) is 0 Å². The number of fused-ring (bicyclic) bond motifs is 2. The van der Waals surface area contributed by atoms with Gasteiger partial charge in [-0.1, -0.05) is 27.7 Å². The topological polar surface area (TPSA) is 40.5 Å². The second-order valence-corrected chi connectivity index (χ2v) is 6.47. The average Bonchev–Trinajstić information content (AvgIpc) is 2.61. The molecule has 0 saturated heterocycles. The Bertz CT molecular complexity index is 259. The molecule has 2 rings (SSSR count). The third-order valence-corrected chi connectivity index (χ3v) is 5.21.